The molecule has 0 aliphatic carbocycles. The Morgan fingerprint density at radius 3 is 2.87 bits per heavy atom. The maximum absolute atomic E-state index is 15.0. The molecule has 3 heterocycles. The number of fused-ring (bicyclic) bond motifs is 1. The average Bonchev–Trinajstić information content (AvgIpc) is 3.42. The second kappa shape index (κ2) is 11.6. The zero-order valence-electron chi connectivity index (χ0n) is 21.0. The average molecular weight is 573 g/mol. The van der Waals surface area contributed by atoms with Crippen LogP contribution in [0.4, 0.5) is 10.2 Å². The van der Waals surface area contributed by atoms with Crippen LogP contribution in [-0.4, -0.2) is 63.5 Å². The zero-order valence-corrected chi connectivity index (χ0v) is 22.7. The molecule has 1 aromatic heterocycles. The van der Waals surface area contributed by atoms with Crippen molar-refractivity contribution in [2.24, 2.45) is 0 Å². The lowest BCUT2D eigenvalue weighted by Crippen LogP contribution is -2.37. The van der Waals surface area contributed by atoms with Gasteiger partial charge < -0.3 is 24.8 Å². The van der Waals surface area contributed by atoms with E-state index in [4.69, 9.17) is 24.3 Å². The monoisotopic (exact) mass is 572 g/mol. The number of rotatable bonds is 10. The lowest BCUT2D eigenvalue weighted by atomic mass is 10.1. The van der Waals surface area contributed by atoms with Gasteiger partial charge in [-0.05, 0) is 38.5 Å². The van der Waals surface area contributed by atoms with E-state index < -0.39 is 61.1 Å². The van der Waals surface area contributed by atoms with Crippen molar-refractivity contribution in [3.8, 4) is 11.5 Å². The Morgan fingerprint density at radius 1 is 1.39 bits per heavy atom. The smallest absolute Gasteiger partial charge is 0.459 e. The number of nitrogens with two attached hydrogens (primary N) is 1. The molecule has 38 heavy (non-hydrogen) atoms. The van der Waals surface area contributed by atoms with Crippen LogP contribution in [0.2, 0.25) is 0 Å². The molecule has 0 bridgehead atoms. The maximum atomic E-state index is 15.0. The highest BCUT2D eigenvalue weighted by Crippen LogP contribution is 2.49. The Balaban J connectivity index is 1.51. The van der Waals surface area contributed by atoms with E-state index in [1.54, 1.807) is 32.0 Å². The molecule has 2 unspecified atom stereocenters. The Kier molecular flexibility index (Phi) is 8.68. The number of alkyl halides is 1. The van der Waals surface area contributed by atoms with Crippen molar-refractivity contribution in [3.05, 3.63) is 46.5 Å². The molecular weight excluding hydrogens is 542 g/mol. The summed E-state index contributed by atoms with van der Waals surface area (Å²) in [5, 5.41) is 11.0. The van der Waals surface area contributed by atoms with Gasteiger partial charge in [0.05, 0.1) is 24.6 Å². The van der Waals surface area contributed by atoms with Crippen molar-refractivity contribution >= 4 is 31.3 Å². The molecule has 12 nitrogen and oxygen atoms in total. The standard InChI is InChI=1S/C23H30FN4O8PS/c1-12(2)35-22(30)13(3)27-37(32,36-15-5-4-14-7-9-33-16(14)10-15)34-11-17-20(29)19(24)21(38-17)28-8-6-18(25)26-23(28)31/h4-6,8,10,12-13,17,19-21,29H,7,9,11H2,1-3H3,(H,27,32)(H2,25,26,31)/t13?,17-,19+,20-,21-,37?/m1/s1. The third-order valence-corrected chi connectivity index (χ3v) is 8.95. The van der Waals surface area contributed by atoms with Gasteiger partial charge in [-0.2, -0.15) is 10.1 Å². The van der Waals surface area contributed by atoms with E-state index in [0.29, 0.717) is 12.4 Å². The summed E-state index contributed by atoms with van der Waals surface area (Å²) in [7, 11) is -4.28. The van der Waals surface area contributed by atoms with Crippen molar-refractivity contribution in [3.63, 3.8) is 0 Å². The molecular formula is C23H30FN4O8PS. The van der Waals surface area contributed by atoms with E-state index in [9.17, 15) is 23.7 Å². The molecule has 1 saturated heterocycles. The number of carbonyl (C=O) groups is 1. The third-order valence-electron chi connectivity index (χ3n) is 5.78. The van der Waals surface area contributed by atoms with Crippen LogP contribution in [0.3, 0.4) is 0 Å². The fourth-order valence-electron chi connectivity index (χ4n) is 3.91. The predicted octanol–water partition coefficient (Wildman–Crippen LogP) is 2.21. The number of thioether (sulfide) groups is 1. The molecule has 208 valence electrons. The van der Waals surface area contributed by atoms with Gasteiger partial charge in [-0.3, -0.25) is 13.9 Å². The minimum atomic E-state index is -4.28. The number of hydrogen-bond acceptors (Lipinski definition) is 11. The number of aliphatic hydroxyl groups excluding tert-OH is 1. The summed E-state index contributed by atoms with van der Waals surface area (Å²) in [4.78, 5) is 28.2. The van der Waals surface area contributed by atoms with Crippen LogP contribution >= 0.6 is 19.5 Å². The molecule has 2 aliphatic heterocycles. The molecule has 2 aliphatic rings. The van der Waals surface area contributed by atoms with E-state index in [2.05, 4.69) is 10.1 Å². The number of anilines is 1. The number of carbonyl (C=O) groups excluding carboxylic acids is 1. The summed E-state index contributed by atoms with van der Waals surface area (Å²) in [5.74, 6) is 0.0374. The number of ether oxygens (including phenoxy) is 2. The van der Waals surface area contributed by atoms with E-state index in [-0.39, 0.29) is 11.6 Å². The van der Waals surface area contributed by atoms with Crippen LogP contribution in [0.15, 0.2) is 35.3 Å². The molecule has 2 aromatic rings. The lowest BCUT2D eigenvalue weighted by Gasteiger charge is -2.25. The Bertz CT molecular complexity index is 1280. The summed E-state index contributed by atoms with van der Waals surface area (Å²) < 4.78 is 51.8. The molecule has 4 N–H and O–H groups in total. The van der Waals surface area contributed by atoms with Crippen molar-refractivity contribution in [1.29, 1.82) is 0 Å². The van der Waals surface area contributed by atoms with Crippen LogP contribution in [0.1, 0.15) is 31.7 Å². The Labute approximate surface area is 222 Å². The predicted molar refractivity (Wildman–Crippen MR) is 138 cm³/mol. The first-order valence-electron chi connectivity index (χ1n) is 12.0. The number of aromatic nitrogens is 2. The van der Waals surface area contributed by atoms with Crippen LogP contribution in [0.5, 0.6) is 11.5 Å². The van der Waals surface area contributed by atoms with Crippen LogP contribution < -0.4 is 25.8 Å². The largest absolute Gasteiger partial charge is 0.493 e. The number of benzene rings is 1. The van der Waals surface area contributed by atoms with Gasteiger partial charge in [-0.25, -0.2) is 13.8 Å². The molecule has 15 heteroatoms. The summed E-state index contributed by atoms with van der Waals surface area (Å²) in [6.07, 6.45) is -1.79. The Morgan fingerprint density at radius 2 is 2.16 bits per heavy atom. The fourth-order valence-corrected chi connectivity index (χ4v) is 6.94. The third kappa shape index (κ3) is 6.49. The van der Waals surface area contributed by atoms with Gasteiger partial charge in [0.1, 0.15) is 34.8 Å². The van der Waals surface area contributed by atoms with E-state index >= 15 is 0 Å². The van der Waals surface area contributed by atoms with Crippen LogP contribution in [0, 0.1) is 0 Å². The van der Waals surface area contributed by atoms with Crippen LogP contribution in [-0.2, 0) is 25.0 Å². The first kappa shape index (κ1) is 28.4. The molecule has 0 radical (unpaired) electrons. The van der Waals surface area contributed by atoms with Gasteiger partial charge in [-0.1, -0.05) is 6.07 Å². The number of esters is 1. The summed E-state index contributed by atoms with van der Waals surface area (Å²) in [6, 6.07) is 5.18. The second-order valence-corrected chi connectivity index (χ2v) is 12.2. The van der Waals surface area contributed by atoms with Gasteiger partial charge in [0.15, 0.2) is 6.17 Å². The van der Waals surface area contributed by atoms with E-state index in [0.717, 1.165) is 28.3 Å². The van der Waals surface area contributed by atoms with Gasteiger partial charge in [0.25, 0.3) is 0 Å². The minimum Gasteiger partial charge on any atom is -0.493 e. The highest BCUT2D eigenvalue weighted by Gasteiger charge is 2.46. The van der Waals surface area contributed by atoms with Gasteiger partial charge in [-0.15, -0.1) is 11.8 Å². The van der Waals surface area contributed by atoms with Gasteiger partial charge in [0.2, 0.25) is 0 Å². The van der Waals surface area contributed by atoms with Crippen molar-refractivity contribution in [2.45, 2.75) is 62.2 Å². The fraction of sp³-hybridized carbons (Fsp3) is 0.522. The molecule has 4 rings (SSSR count). The number of nitrogens with zero attached hydrogens (tertiary/aromatic N) is 2. The van der Waals surface area contributed by atoms with Crippen molar-refractivity contribution < 1.29 is 37.4 Å². The normalized spacial score (nSPS) is 24.9. The number of nitrogen functional groups attached to an aromatic ring is 1. The zero-order chi connectivity index (χ0) is 27.6. The van der Waals surface area contributed by atoms with Crippen molar-refractivity contribution in [1.82, 2.24) is 14.6 Å². The number of halogens is 1. The molecule has 1 fully saturated rings. The summed E-state index contributed by atoms with van der Waals surface area (Å²) in [5.41, 5.74) is 5.70. The SMILES string of the molecule is CC(C)OC(=O)C(C)NP(=O)(OC[C@H]1S[C@@H](n2ccc(N)nc2=O)[C@@H](F)[C@@H]1O)Oc1ccc2c(c1)OCC2. The molecule has 1 aromatic carbocycles. The highest BCUT2D eigenvalue weighted by molar-refractivity contribution is 8.00. The molecule has 0 amide bonds. The number of nitrogens with one attached hydrogen (secondary N) is 1. The molecule has 0 spiro atoms. The minimum absolute atomic E-state index is 0.0173. The number of hydrogen-bond donors (Lipinski definition) is 3. The van der Waals surface area contributed by atoms with Crippen LogP contribution in [0.25, 0.3) is 0 Å². The number of aliphatic hydroxyl groups is 1. The van der Waals surface area contributed by atoms with E-state index in [1.165, 1.54) is 19.2 Å². The topological polar surface area (TPSA) is 164 Å². The maximum Gasteiger partial charge on any atom is 0.459 e. The second-order valence-electron chi connectivity index (χ2n) is 9.13. The first-order valence-corrected chi connectivity index (χ1v) is 14.4. The molecule has 6 atom stereocenters. The van der Waals surface area contributed by atoms with E-state index in [1.807, 2.05) is 0 Å². The van der Waals surface area contributed by atoms with Gasteiger partial charge in [0, 0.05) is 18.7 Å². The van der Waals surface area contributed by atoms with Gasteiger partial charge >= 0.3 is 19.4 Å². The quantitative estimate of drug-likeness (QED) is 0.281. The summed E-state index contributed by atoms with van der Waals surface area (Å²) in [6.45, 7) is 4.86. The summed E-state index contributed by atoms with van der Waals surface area (Å²) >= 11 is 0.913. The highest BCUT2D eigenvalue weighted by atomic mass is 32.2. The first-order chi connectivity index (χ1) is 18.0. The molecule has 0 saturated carbocycles. The van der Waals surface area contributed by atoms with Crippen molar-refractivity contribution in [2.75, 3.05) is 18.9 Å². The lowest BCUT2D eigenvalue weighted by molar-refractivity contribution is -0.149. The Hall–Kier alpha value is -2.64.